The van der Waals surface area contributed by atoms with Crippen molar-refractivity contribution in [3.05, 3.63) is 34.1 Å². The van der Waals surface area contributed by atoms with Gasteiger partial charge in [-0.2, -0.15) is 11.8 Å². The summed E-state index contributed by atoms with van der Waals surface area (Å²) in [5.74, 6) is 0.505. The maximum absolute atomic E-state index is 13.6. The Kier molecular flexibility index (Phi) is 4.53. The molecule has 1 fully saturated rings. The molecule has 1 aromatic rings. The molecule has 19 heavy (non-hydrogen) atoms. The number of halogens is 2. The fraction of sp³-hybridized carbons (Fsp3) is 0.462. The van der Waals surface area contributed by atoms with Crippen LogP contribution in [-0.4, -0.2) is 40.1 Å². The molecule has 1 saturated heterocycles. The number of hydrogen-bond acceptors (Lipinski definition) is 3. The Labute approximate surface area is 124 Å². The largest absolute Gasteiger partial charge is 0.379 e. The monoisotopic (exact) mass is 347 g/mol. The van der Waals surface area contributed by atoms with Gasteiger partial charge >= 0.3 is 0 Å². The summed E-state index contributed by atoms with van der Waals surface area (Å²) >= 11 is 4.84. The Hall–Kier alpha value is -0.590. The van der Waals surface area contributed by atoms with Crippen molar-refractivity contribution < 1.29 is 14.3 Å². The number of nitrogens with zero attached hydrogens (tertiary/aromatic N) is 1. The number of amides is 1. The average molecular weight is 348 g/mol. The number of rotatable bonds is 3. The van der Waals surface area contributed by atoms with Crippen molar-refractivity contribution in [1.82, 2.24) is 4.90 Å². The van der Waals surface area contributed by atoms with Crippen LogP contribution in [0.15, 0.2) is 22.7 Å². The SMILES string of the molecule is CN(Cc1cc(Br)ccc1F)C(=O)C1(O)CCSC1. The molecular formula is C13H15BrFNO2S. The van der Waals surface area contributed by atoms with Crippen molar-refractivity contribution in [3.8, 4) is 0 Å². The van der Waals surface area contributed by atoms with Gasteiger partial charge in [0, 0.05) is 29.4 Å². The first-order chi connectivity index (χ1) is 8.92. The number of carbonyl (C=O) groups is 1. The minimum Gasteiger partial charge on any atom is -0.379 e. The Morgan fingerprint density at radius 1 is 1.63 bits per heavy atom. The minimum absolute atomic E-state index is 0.150. The van der Waals surface area contributed by atoms with Crippen LogP contribution in [0.25, 0.3) is 0 Å². The van der Waals surface area contributed by atoms with Gasteiger partial charge in [-0.05, 0) is 30.4 Å². The van der Waals surface area contributed by atoms with Gasteiger partial charge in [-0.15, -0.1) is 0 Å². The molecule has 2 rings (SSSR count). The third kappa shape index (κ3) is 3.30. The van der Waals surface area contributed by atoms with Crippen molar-refractivity contribution in [2.45, 2.75) is 18.6 Å². The van der Waals surface area contributed by atoms with Crippen LogP contribution in [0, 0.1) is 5.82 Å². The first-order valence-electron chi connectivity index (χ1n) is 5.92. The predicted octanol–water partition coefficient (Wildman–Crippen LogP) is 2.41. The van der Waals surface area contributed by atoms with E-state index < -0.39 is 5.60 Å². The molecule has 0 radical (unpaired) electrons. The van der Waals surface area contributed by atoms with Gasteiger partial charge in [0.1, 0.15) is 5.82 Å². The van der Waals surface area contributed by atoms with E-state index in [1.54, 1.807) is 30.9 Å². The van der Waals surface area contributed by atoms with E-state index in [1.807, 2.05) is 0 Å². The van der Waals surface area contributed by atoms with Crippen LogP contribution in [0.1, 0.15) is 12.0 Å². The summed E-state index contributed by atoms with van der Waals surface area (Å²) in [7, 11) is 1.59. The van der Waals surface area contributed by atoms with Crippen molar-refractivity contribution in [3.63, 3.8) is 0 Å². The second kappa shape index (κ2) is 5.81. The van der Waals surface area contributed by atoms with Crippen LogP contribution < -0.4 is 0 Å². The average Bonchev–Trinajstić information content (AvgIpc) is 2.81. The summed E-state index contributed by atoms with van der Waals surface area (Å²) in [5.41, 5.74) is -0.860. The van der Waals surface area contributed by atoms with E-state index in [-0.39, 0.29) is 18.3 Å². The van der Waals surface area contributed by atoms with Gasteiger partial charge < -0.3 is 10.0 Å². The highest BCUT2D eigenvalue weighted by atomic mass is 79.9. The highest BCUT2D eigenvalue weighted by Gasteiger charge is 2.41. The topological polar surface area (TPSA) is 40.5 Å². The number of hydrogen-bond donors (Lipinski definition) is 1. The lowest BCUT2D eigenvalue weighted by Gasteiger charge is -2.27. The molecule has 0 saturated carbocycles. The Morgan fingerprint density at radius 2 is 2.37 bits per heavy atom. The van der Waals surface area contributed by atoms with Crippen molar-refractivity contribution in [2.75, 3.05) is 18.6 Å². The minimum atomic E-state index is -1.29. The molecule has 1 amide bonds. The summed E-state index contributed by atoms with van der Waals surface area (Å²) in [5, 5.41) is 10.2. The second-order valence-electron chi connectivity index (χ2n) is 4.73. The molecule has 1 aliphatic rings. The highest BCUT2D eigenvalue weighted by molar-refractivity contribution is 9.10. The zero-order valence-corrected chi connectivity index (χ0v) is 12.9. The molecule has 0 spiro atoms. The van der Waals surface area contributed by atoms with Gasteiger partial charge in [0.15, 0.2) is 5.60 Å². The lowest BCUT2D eigenvalue weighted by molar-refractivity contribution is -0.147. The number of carbonyl (C=O) groups excluding carboxylic acids is 1. The first-order valence-corrected chi connectivity index (χ1v) is 7.87. The molecular weight excluding hydrogens is 333 g/mol. The third-order valence-electron chi connectivity index (χ3n) is 3.16. The summed E-state index contributed by atoms with van der Waals surface area (Å²) in [6.45, 7) is 0.150. The molecule has 0 aromatic heterocycles. The lowest BCUT2D eigenvalue weighted by Crippen LogP contribution is -2.47. The zero-order chi connectivity index (χ0) is 14.0. The van der Waals surface area contributed by atoms with Gasteiger partial charge in [0.05, 0.1) is 0 Å². The molecule has 1 atom stereocenters. The number of benzene rings is 1. The zero-order valence-electron chi connectivity index (χ0n) is 10.5. The molecule has 1 N–H and O–H groups in total. The molecule has 0 aliphatic carbocycles. The van der Waals surface area contributed by atoms with Crippen molar-refractivity contribution in [2.24, 2.45) is 0 Å². The van der Waals surface area contributed by atoms with E-state index in [2.05, 4.69) is 15.9 Å². The summed E-state index contributed by atoms with van der Waals surface area (Å²) < 4.78 is 14.4. The number of aliphatic hydroxyl groups is 1. The predicted molar refractivity (Wildman–Crippen MR) is 77.5 cm³/mol. The molecule has 1 heterocycles. The van der Waals surface area contributed by atoms with Crippen LogP contribution in [0.5, 0.6) is 0 Å². The molecule has 0 bridgehead atoms. The van der Waals surface area contributed by atoms with Gasteiger partial charge in [0.25, 0.3) is 5.91 Å². The van der Waals surface area contributed by atoms with Crippen LogP contribution >= 0.6 is 27.7 Å². The van der Waals surface area contributed by atoms with Crippen molar-refractivity contribution in [1.29, 1.82) is 0 Å². The fourth-order valence-electron chi connectivity index (χ4n) is 2.07. The van der Waals surface area contributed by atoms with E-state index in [0.29, 0.717) is 17.7 Å². The van der Waals surface area contributed by atoms with Crippen LogP contribution in [0.2, 0.25) is 0 Å². The first kappa shape index (κ1) is 14.8. The van der Waals surface area contributed by atoms with Gasteiger partial charge in [-0.1, -0.05) is 15.9 Å². The van der Waals surface area contributed by atoms with E-state index in [4.69, 9.17) is 0 Å². The Bertz CT molecular complexity index is 492. The standard InChI is InChI=1S/C13H15BrFNO2S/c1-16(12(17)13(18)4-5-19-8-13)7-9-6-10(14)2-3-11(9)15/h2-3,6,18H,4-5,7-8H2,1H3. The van der Waals surface area contributed by atoms with E-state index >= 15 is 0 Å². The third-order valence-corrected chi connectivity index (χ3v) is 4.83. The summed E-state index contributed by atoms with van der Waals surface area (Å²) in [6.07, 6.45) is 0.460. The van der Waals surface area contributed by atoms with Crippen LogP contribution in [-0.2, 0) is 11.3 Å². The quantitative estimate of drug-likeness (QED) is 0.912. The normalized spacial score (nSPS) is 22.5. The van der Waals surface area contributed by atoms with Gasteiger partial charge in [-0.25, -0.2) is 4.39 Å². The Balaban J connectivity index is 2.10. The fourth-order valence-corrected chi connectivity index (χ4v) is 3.71. The second-order valence-corrected chi connectivity index (χ2v) is 6.75. The summed E-state index contributed by atoms with van der Waals surface area (Å²) in [4.78, 5) is 13.6. The molecule has 104 valence electrons. The molecule has 1 unspecified atom stereocenters. The van der Waals surface area contributed by atoms with E-state index in [0.717, 1.165) is 10.2 Å². The summed E-state index contributed by atoms with van der Waals surface area (Å²) in [6, 6.07) is 4.62. The molecule has 3 nitrogen and oxygen atoms in total. The van der Waals surface area contributed by atoms with Crippen LogP contribution in [0.4, 0.5) is 4.39 Å². The Morgan fingerprint density at radius 3 is 3.00 bits per heavy atom. The van der Waals surface area contributed by atoms with Gasteiger partial charge in [-0.3, -0.25) is 4.79 Å². The highest BCUT2D eigenvalue weighted by Crippen LogP contribution is 2.30. The molecule has 1 aliphatic heterocycles. The number of likely N-dealkylation sites (N-methyl/N-ethyl adjacent to an activating group) is 1. The van der Waals surface area contributed by atoms with Crippen molar-refractivity contribution >= 4 is 33.6 Å². The van der Waals surface area contributed by atoms with E-state index in [1.165, 1.54) is 11.0 Å². The number of thioether (sulfide) groups is 1. The molecule has 6 heteroatoms. The van der Waals surface area contributed by atoms with Crippen LogP contribution in [0.3, 0.4) is 0 Å². The smallest absolute Gasteiger partial charge is 0.255 e. The lowest BCUT2D eigenvalue weighted by atomic mass is 10.0. The maximum atomic E-state index is 13.6. The van der Waals surface area contributed by atoms with Gasteiger partial charge in [0.2, 0.25) is 0 Å². The maximum Gasteiger partial charge on any atom is 0.255 e. The molecule has 1 aromatic carbocycles. The van der Waals surface area contributed by atoms with E-state index in [9.17, 15) is 14.3 Å².